The van der Waals surface area contributed by atoms with Crippen molar-refractivity contribution in [3.8, 4) is 22.0 Å². The lowest BCUT2D eigenvalue weighted by atomic mass is 10.1. The fourth-order valence-electron chi connectivity index (χ4n) is 7.29. The van der Waals surface area contributed by atoms with Gasteiger partial charge in [0.25, 0.3) is 53.2 Å². The first-order valence-electron chi connectivity index (χ1n) is 25.5. The van der Waals surface area contributed by atoms with Crippen LogP contribution in [0.4, 0.5) is 0 Å². The van der Waals surface area contributed by atoms with Crippen molar-refractivity contribution in [3.63, 3.8) is 0 Å². The molecule has 3 unspecified atom stereocenters. The Kier molecular flexibility index (Phi) is 20.1. The van der Waals surface area contributed by atoms with Crippen molar-refractivity contribution in [3.05, 3.63) is 172 Å². The summed E-state index contributed by atoms with van der Waals surface area (Å²) in [5.74, 6) is -13.0. The number of oxazole rings is 3. The van der Waals surface area contributed by atoms with Crippen LogP contribution in [0.1, 0.15) is 114 Å². The van der Waals surface area contributed by atoms with Gasteiger partial charge in [-0.3, -0.25) is 47.9 Å². The third kappa shape index (κ3) is 15.2. The van der Waals surface area contributed by atoms with E-state index in [1.165, 1.54) is 63.6 Å². The van der Waals surface area contributed by atoms with Crippen molar-refractivity contribution in [1.82, 2.24) is 83.1 Å². The average Bonchev–Trinajstić information content (AvgIpc) is 1.62. The summed E-state index contributed by atoms with van der Waals surface area (Å²) in [4.78, 5) is 170. The van der Waals surface area contributed by atoms with Crippen LogP contribution in [-0.4, -0.2) is 122 Å². The molecular weight excluding hydrogens is 1220 g/mol. The lowest BCUT2D eigenvalue weighted by Gasteiger charge is -2.20. The number of aromatic nitrogens is 6. The Morgan fingerprint density at radius 2 is 1.16 bits per heavy atom. The highest BCUT2D eigenvalue weighted by Crippen LogP contribution is 2.34. The van der Waals surface area contributed by atoms with Gasteiger partial charge in [-0.2, -0.15) is 0 Å². The number of carbonyl (C=O) groups is 11. The highest BCUT2D eigenvalue weighted by atomic mass is 32.1. The number of hydrogen-bond donors (Lipinski definition) is 13. The van der Waals surface area contributed by atoms with E-state index in [0.29, 0.717) is 0 Å². The molecule has 0 aliphatic carbocycles. The Hall–Kier alpha value is -11.9. The molecule has 0 saturated carbocycles. The van der Waals surface area contributed by atoms with Crippen molar-refractivity contribution in [2.45, 2.75) is 53.0 Å². The summed E-state index contributed by atoms with van der Waals surface area (Å²) in [6, 6.07) is 0.791. The van der Waals surface area contributed by atoms with Gasteiger partial charge >= 0.3 is 5.97 Å². The number of fused-ring (bicyclic) bond motifs is 13. The monoisotopic (exact) mass is 1270 g/mol. The van der Waals surface area contributed by atoms with Crippen LogP contribution < -0.4 is 53.2 Å². The molecule has 10 bridgehead atoms. The van der Waals surface area contributed by atoms with Gasteiger partial charge in [-0.05, 0) is 46.8 Å². The van der Waals surface area contributed by atoms with Gasteiger partial charge in [0.2, 0.25) is 23.6 Å². The number of amides is 10. The summed E-state index contributed by atoms with van der Waals surface area (Å²) in [5.41, 5.74) is -5.69. The summed E-state index contributed by atoms with van der Waals surface area (Å²) >= 11 is 1.67. The van der Waals surface area contributed by atoms with Crippen molar-refractivity contribution >= 4 is 105 Å². The van der Waals surface area contributed by atoms with E-state index in [4.69, 9.17) is 18.4 Å². The molecule has 0 radical (unpaired) electrons. The van der Waals surface area contributed by atoms with Crippen molar-refractivity contribution in [2.75, 3.05) is 0 Å². The Morgan fingerprint density at radius 1 is 0.611 bits per heavy atom. The first-order chi connectivity index (χ1) is 42.5. The van der Waals surface area contributed by atoms with Crippen LogP contribution in [0.25, 0.3) is 39.1 Å². The molecule has 0 saturated heterocycles. The van der Waals surface area contributed by atoms with E-state index in [1.54, 1.807) is 0 Å². The fourth-order valence-corrected chi connectivity index (χ4v) is 8.85. The van der Waals surface area contributed by atoms with E-state index in [-0.39, 0.29) is 96.0 Å². The number of rotatable bonds is 10. The number of allylic oxidation sites excluding steroid dienone is 2. The molecule has 13 N–H and O–H groups in total. The van der Waals surface area contributed by atoms with E-state index in [2.05, 4.69) is 112 Å². The van der Waals surface area contributed by atoms with Gasteiger partial charge in [-0.1, -0.05) is 51.6 Å². The number of aliphatic carboxylic acids is 1. The van der Waals surface area contributed by atoms with Gasteiger partial charge in [0, 0.05) is 16.3 Å². The van der Waals surface area contributed by atoms with Crippen LogP contribution in [-0.2, 0) is 28.8 Å². The molecule has 33 nitrogen and oxygen atoms in total. The minimum atomic E-state index is -1.79. The molecule has 1 aliphatic rings. The molecule has 1 aliphatic heterocycles. The third-order valence-electron chi connectivity index (χ3n) is 11.9. The largest absolute Gasteiger partial charge is 0.477 e. The van der Waals surface area contributed by atoms with Gasteiger partial charge in [0.15, 0.2) is 17.6 Å². The molecule has 6 aromatic rings. The summed E-state index contributed by atoms with van der Waals surface area (Å²) < 4.78 is 17.0. The normalized spacial score (nSPS) is 16.4. The summed E-state index contributed by atoms with van der Waals surface area (Å²) in [7, 11) is 0. The van der Waals surface area contributed by atoms with Crippen LogP contribution in [0, 0.1) is 13.8 Å². The molecule has 0 spiro atoms. The van der Waals surface area contributed by atoms with Gasteiger partial charge in [0.1, 0.15) is 73.7 Å². The van der Waals surface area contributed by atoms with Crippen molar-refractivity contribution < 1.29 is 81.3 Å². The number of aliphatic hydroxyl groups excluding tert-OH is 2. The highest BCUT2D eigenvalue weighted by molar-refractivity contribution is 7.13. The zero-order chi connectivity index (χ0) is 66.2. The summed E-state index contributed by atoms with van der Waals surface area (Å²) in [6.45, 7) is 27.7. The van der Waals surface area contributed by atoms with Crippen molar-refractivity contribution in [1.29, 1.82) is 0 Å². The second-order valence-corrected chi connectivity index (χ2v) is 20.2. The maximum atomic E-state index is 13.9. The van der Waals surface area contributed by atoms with Crippen LogP contribution in [0.15, 0.2) is 123 Å². The Balaban J connectivity index is 1.18. The van der Waals surface area contributed by atoms with Gasteiger partial charge in [-0.25, -0.2) is 34.7 Å². The minimum Gasteiger partial charge on any atom is -0.477 e. The third-order valence-corrected chi connectivity index (χ3v) is 13.7. The Labute approximate surface area is 514 Å². The molecule has 6 aromatic heterocycles. The minimum absolute atomic E-state index is 0.0250. The molecule has 0 fully saturated rings. The number of carbonyl (C=O) groups excluding carboxylic acids is 10. The second kappa shape index (κ2) is 27.6. The van der Waals surface area contributed by atoms with E-state index in [1.807, 2.05) is 10.6 Å². The molecule has 0 aromatic carbocycles. The van der Waals surface area contributed by atoms with Crippen LogP contribution >= 0.6 is 22.7 Å². The summed E-state index contributed by atoms with van der Waals surface area (Å²) in [6.07, 6.45) is 0.424. The van der Waals surface area contributed by atoms with E-state index >= 15 is 0 Å². The first kappa shape index (κ1) is 65.6. The van der Waals surface area contributed by atoms with Gasteiger partial charge in [0.05, 0.1) is 40.3 Å². The predicted molar refractivity (Wildman–Crippen MR) is 314 cm³/mol. The molecule has 10 amide bonds. The maximum Gasteiger partial charge on any atom is 0.351 e. The van der Waals surface area contributed by atoms with Gasteiger partial charge in [-0.15, -0.1) is 22.7 Å². The number of aryl methyl sites for hydroxylation is 2. The highest BCUT2D eigenvalue weighted by Gasteiger charge is 2.32. The van der Waals surface area contributed by atoms with Crippen LogP contribution in [0.3, 0.4) is 0 Å². The molecular formula is C55H50N16O17S2. The number of hydrogen-bond acceptors (Lipinski definition) is 24. The van der Waals surface area contributed by atoms with Crippen LogP contribution in [0.5, 0.6) is 0 Å². The van der Waals surface area contributed by atoms with E-state index in [9.17, 15) is 63.0 Å². The summed E-state index contributed by atoms with van der Waals surface area (Å²) in [5, 5.41) is 55.8. The zero-order valence-electron chi connectivity index (χ0n) is 47.6. The maximum absolute atomic E-state index is 13.9. The number of nitrogens with zero attached hydrogens (tertiary/aromatic N) is 6. The van der Waals surface area contributed by atoms with Crippen molar-refractivity contribution in [2.24, 2.45) is 0 Å². The number of carboxylic acid groups (broad SMARTS) is 1. The molecule has 7 rings (SSSR count). The molecule has 464 valence electrons. The van der Waals surface area contributed by atoms with E-state index < -0.39 is 118 Å². The quantitative estimate of drug-likeness (QED) is 0.0861. The van der Waals surface area contributed by atoms with Crippen LogP contribution in [0.2, 0.25) is 0 Å². The molecule has 7 heterocycles. The number of aliphatic hydroxyl groups is 2. The number of carboxylic acids is 1. The Bertz CT molecular complexity index is 4190. The standard InChI is InChI=1S/C55H50N16O17S2/c1-12-29-51-69-36(26(10)87-51)47(81)59-22(6)41(75)60-23(7)50-65-32(16-86-50)38-28(14-15-31(62-38)43(77)58-21(5)40(74)56-19(3)39(73)57-20(4)42(76)61-24(8)55(84)85)53-66-34(17-89-53)45(79)68-35(25(9)72)46(80)64-30(13-2)52-70-37(27(11)88-52)48(82)71-49(83)54-67-33(18-90-54)44(78)63-29/h12-18,25,35,49,72,83H,3-8H2,1-2,9-11H3,(H,56,74)(H,57,73)(H,58,77)(H,59,81)(H,60,75)(H,61,76)(H,63,78)(H,64,80)(H,68,79)(H,71,82)(H,84,85). The van der Waals surface area contributed by atoms with Gasteiger partial charge < -0.3 is 81.7 Å². The first-order valence-corrected chi connectivity index (χ1v) is 27.3. The molecule has 3 atom stereocenters. The fraction of sp³-hybridized carbons (Fsp3) is 0.145. The lowest BCUT2D eigenvalue weighted by Crippen LogP contribution is -2.52. The second-order valence-electron chi connectivity index (χ2n) is 18.4. The Morgan fingerprint density at radius 3 is 1.74 bits per heavy atom. The zero-order valence-corrected chi connectivity index (χ0v) is 49.2. The average molecular weight is 1270 g/mol. The molecule has 90 heavy (non-hydrogen) atoms. The predicted octanol–water partition coefficient (Wildman–Crippen LogP) is 1.34. The number of thiazole rings is 2. The SMILES string of the molecule is C=C(NC(=O)C(=C)NC(=O)C(=C)NC(=O)C(=C)NC(=O)c1ccc2c(n1)-c1coc(n1)C(=C)NC(=O)C(=C)NC(=O)c1nc(oc1C)C(=CC)NC(=O)c1csc(n1)C(O)NC(=O)c1nc(oc1C)C(=CC)NC(=O)C(C(C)O)NC(=O)c1csc-2n1)C(=O)O. The number of nitrogens with one attached hydrogen (secondary N) is 10. The topological polar surface area (TPSA) is 486 Å². The lowest BCUT2D eigenvalue weighted by molar-refractivity contribution is -0.134. The molecule has 35 heteroatoms. The smallest absolute Gasteiger partial charge is 0.351 e. The van der Waals surface area contributed by atoms with E-state index in [0.717, 1.165) is 35.0 Å². The number of pyridine rings is 1.